The molecular weight excluding hydrogens is 1050 g/mol. The molecule has 460 valence electrons. The summed E-state index contributed by atoms with van der Waals surface area (Å²) in [5, 5.41) is 34.0. The van der Waals surface area contributed by atoms with E-state index in [-0.39, 0.29) is 69.1 Å². The monoisotopic (exact) mass is 1150 g/mol. The van der Waals surface area contributed by atoms with Gasteiger partial charge < -0.3 is 68.5 Å². The van der Waals surface area contributed by atoms with E-state index in [1.165, 1.54) is 58.3 Å². The van der Waals surface area contributed by atoms with E-state index in [2.05, 4.69) is 47.9 Å². The number of rotatable bonds is 30. The summed E-state index contributed by atoms with van der Waals surface area (Å²) in [5.74, 6) is -9.26. The van der Waals surface area contributed by atoms with Gasteiger partial charge in [0.05, 0.1) is 19.1 Å². The fourth-order valence-electron chi connectivity index (χ4n) is 9.83. The molecule has 8 unspecified atom stereocenters. The minimum Gasteiger partial charge on any atom is -0.394 e. The molecule has 2 saturated heterocycles. The number of hydrogen-bond donors (Lipinski definition) is 11. The number of hydrogen-bond acceptors (Lipinski definition) is 13. The highest BCUT2D eigenvalue weighted by Crippen LogP contribution is 2.25. The molecule has 0 bridgehead atoms. The van der Waals surface area contributed by atoms with E-state index in [9.17, 15) is 62.6 Å². The predicted octanol–water partition coefficient (Wildman–Crippen LogP) is -0.101. The van der Waals surface area contributed by atoms with Crippen molar-refractivity contribution in [2.75, 3.05) is 19.7 Å². The van der Waals surface area contributed by atoms with Crippen LogP contribution < -0.4 is 53.6 Å². The molecule has 8 atom stereocenters. The number of carbonyl (C=O) groups is 12. The van der Waals surface area contributed by atoms with Crippen LogP contribution in [-0.2, 0) is 57.5 Å². The zero-order chi connectivity index (χ0) is 62.2. The SMILES string of the molecule is CC(=O)NC(C)(C)C(=O)NC(CC(N)=O)C(=O)NC(C(=O)NC(CC(C)C)C(=O)NC(C)(C)C(=O)N1CCCC1C(=O)NC(CC(C)C)C(=O)NC(CC(C)C)C(=O)NC(C)(C)C(=O)N1CCCC1C(=O)NC(CO)C(C)C)C(C)C. The first-order valence-corrected chi connectivity index (χ1v) is 28.5. The first-order valence-electron chi connectivity index (χ1n) is 28.5. The fraction of sp³-hybridized carbons (Fsp3) is 0.786. The zero-order valence-electron chi connectivity index (χ0n) is 51.1. The van der Waals surface area contributed by atoms with Gasteiger partial charge in [-0.2, -0.15) is 0 Å². The van der Waals surface area contributed by atoms with Crippen LogP contribution >= 0.6 is 0 Å². The Morgan fingerprint density at radius 1 is 0.494 bits per heavy atom. The second kappa shape index (κ2) is 30.6. The van der Waals surface area contributed by atoms with E-state index in [1.807, 2.05) is 55.4 Å². The Bertz CT molecular complexity index is 2280. The quantitative estimate of drug-likeness (QED) is 0.0448. The summed E-state index contributed by atoms with van der Waals surface area (Å²) in [5.41, 5.74) is 0.748. The average Bonchev–Trinajstić information content (AvgIpc) is 4.21. The summed E-state index contributed by atoms with van der Waals surface area (Å²) < 4.78 is 0. The van der Waals surface area contributed by atoms with Gasteiger partial charge in [0, 0.05) is 20.0 Å². The van der Waals surface area contributed by atoms with Gasteiger partial charge in [0.2, 0.25) is 70.9 Å². The Balaban J connectivity index is 2.30. The first-order chi connectivity index (χ1) is 37.3. The average molecular weight is 1150 g/mol. The minimum absolute atomic E-state index is 0.0534. The molecule has 2 fully saturated rings. The molecule has 25 nitrogen and oxygen atoms in total. The Morgan fingerprint density at radius 2 is 0.889 bits per heavy atom. The molecule has 2 heterocycles. The molecule has 0 aromatic heterocycles. The highest BCUT2D eigenvalue weighted by Gasteiger charge is 2.46. The lowest BCUT2D eigenvalue weighted by molar-refractivity contribution is -0.146. The molecule has 81 heavy (non-hydrogen) atoms. The summed E-state index contributed by atoms with van der Waals surface area (Å²) in [6, 6.07) is -8.76. The maximum Gasteiger partial charge on any atom is 0.248 e. The predicted molar refractivity (Wildman–Crippen MR) is 302 cm³/mol. The highest BCUT2D eigenvalue weighted by atomic mass is 16.3. The van der Waals surface area contributed by atoms with Crippen LogP contribution in [0, 0.1) is 29.6 Å². The van der Waals surface area contributed by atoms with Gasteiger partial charge in [-0.3, -0.25) is 57.5 Å². The van der Waals surface area contributed by atoms with E-state index >= 15 is 0 Å². The smallest absolute Gasteiger partial charge is 0.248 e. The third-order valence-corrected chi connectivity index (χ3v) is 14.3. The number of likely N-dealkylation sites (tertiary alicyclic amines) is 2. The molecule has 0 aromatic rings. The highest BCUT2D eigenvalue weighted by molar-refractivity contribution is 6.01. The van der Waals surface area contributed by atoms with E-state index < -0.39 is 148 Å². The van der Waals surface area contributed by atoms with E-state index in [4.69, 9.17) is 5.73 Å². The van der Waals surface area contributed by atoms with Crippen molar-refractivity contribution in [2.45, 2.75) is 234 Å². The van der Waals surface area contributed by atoms with Crippen LogP contribution in [0.4, 0.5) is 0 Å². The van der Waals surface area contributed by atoms with Crippen LogP contribution in [-0.4, -0.2) is 170 Å². The molecule has 12 amide bonds. The van der Waals surface area contributed by atoms with Crippen molar-refractivity contribution in [1.82, 2.24) is 57.7 Å². The maximum atomic E-state index is 14.5. The van der Waals surface area contributed by atoms with Crippen LogP contribution in [0.1, 0.15) is 169 Å². The number of aliphatic hydroxyl groups excluding tert-OH is 1. The normalized spacial score (nSPS) is 18.1. The molecule has 0 aromatic carbocycles. The Hall–Kier alpha value is -6.40. The van der Waals surface area contributed by atoms with Crippen molar-refractivity contribution < 1.29 is 62.6 Å². The van der Waals surface area contributed by atoms with Gasteiger partial charge in [-0.1, -0.05) is 69.2 Å². The Kier molecular flexibility index (Phi) is 26.7. The van der Waals surface area contributed by atoms with Gasteiger partial charge in [-0.05, 0) is 116 Å². The van der Waals surface area contributed by atoms with Gasteiger partial charge in [-0.15, -0.1) is 0 Å². The van der Waals surface area contributed by atoms with Crippen molar-refractivity contribution in [1.29, 1.82) is 0 Å². The third-order valence-electron chi connectivity index (χ3n) is 14.3. The van der Waals surface area contributed by atoms with E-state index in [0.717, 1.165) is 0 Å². The number of primary amides is 1. The second-order valence-electron chi connectivity index (χ2n) is 25.4. The van der Waals surface area contributed by atoms with Crippen LogP contribution in [0.5, 0.6) is 0 Å². The molecule has 2 aliphatic heterocycles. The van der Waals surface area contributed by atoms with Crippen molar-refractivity contribution in [3.63, 3.8) is 0 Å². The summed E-state index contributed by atoms with van der Waals surface area (Å²) in [7, 11) is 0. The van der Waals surface area contributed by atoms with Crippen LogP contribution in [0.15, 0.2) is 0 Å². The summed E-state index contributed by atoms with van der Waals surface area (Å²) in [6.45, 7) is 28.1. The Morgan fingerprint density at radius 3 is 1.26 bits per heavy atom. The van der Waals surface area contributed by atoms with Crippen LogP contribution in [0.25, 0.3) is 0 Å². The largest absolute Gasteiger partial charge is 0.394 e. The lowest BCUT2D eigenvalue weighted by Crippen LogP contribution is -2.64. The minimum atomic E-state index is -1.66. The zero-order valence-corrected chi connectivity index (χ0v) is 51.1. The summed E-state index contributed by atoms with van der Waals surface area (Å²) >= 11 is 0. The number of nitrogens with zero attached hydrogens (tertiary/aromatic N) is 2. The Labute approximate surface area is 478 Å². The standard InChI is InChI=1S/C56H98N12O13/c1-29(2)24-35(44(72)58-36(25-30(3)4)46(74)65-55(14,15)53(81)68-23-19-21-41(68)49(77)61-39(28-69)32(7)8)59-48(76)40-20-18-22-67(40)52(80)56(16,17)66-47(75)37(26-31(5)6)60-50(78)43(33(9)10)63-45(73)38(27-42(57)71)62-51(79)54(12,13)64-34(11)70/h29-33,35-41,43,69H,18-28H2,1-17H3,(H2,57,71)(H,58,72)(H,59,76)(H,60,78)(H,61,77)(H,62,79)(H,63,73)(H,64,70)(H,65,74)(H,66,75). The number of amides is 12. The molecule has 2 aliphatic rings. The topological polar surface area (TPSA) is 366 Å². The van der Waals surface area contributed by atoms with Crippen LogP contribution in [0.2, 0.25) is 0 Å². The van der Waals surface area contributed by atoms with E-state index in [0.29, 0.717) is 19.3 Å². The van der Waals surface area contributed by atoms with Gasteiger partial charge in [0.15, 0.2) is 0 Å². The number of aliphatic hydroxyl groups is 1. The van der Waals surface area contributed by atoms with Crippen LogP contribution in [0.3, 0.4) is 0 Å². The molecule has 12 N–H and O–H groups in total. The number of nitrogens with one attached hydrogen (secondary N) is 9. The molecule has 0 aliphatic carbocycles. The lowest BCUT2D eigenvalue weighted by Gasteiger charge is -2.35. The van der Waals surface area contributed by atoms with Crippen molar-refractivity contribution >= 4 is 70.9 Å². The molecular formula is C56H98N12O13. The van der Waals surface area contributed by atoms with Crippen molar-refractivity contribution in [2.24, 2.45) is 35.3 Å². The summed E-state index contributed by atoms with van der Waals surface area (Å²) in [4.78, 5) is 166. The van der Waals surface area contributed by atoms with Gasteiger partial charge >= 0.3 is 0 Å². The molecule has 2 rings (SSSR count). The van der Waals surface area contributed by atoms with Gasteiger partial charge in [0.25, 0.3) is 0 Å². The number of carbonyl (C=O) groups excluding carboxylic acids is 12. The first kappa shape index (κ1) is 70.7. The second-order valence-corrected chi connectivity index (χ2v) is 25.4. The molecule has 0 spiro atoms. The summed E-state index contributed by atoms with van der Waals surface area (Å²) in [6.07, 6.45) is 1.36. The van der Waals surface area contributed by atoms with Gasteiger partial charge in [0.1, 0.15) is 58.9 Å². The third kappa shape index (κ3) is 21.5. The van der Waals surface area contributed by atoms with Crippen molar-refractivity contribution in [3.05, 3.63) is 0 Å². The molecule has 25 heteroatoms. The van der Waals surface area contributed by atoms with E-state index in [1.54, 1.807) is 13.8 Å². The fourth-order valence-corrected chi connectivity index (χ4v) is 9.83. The maximum absolute atomic E-state index is 14.5. The van der Waals surface area contributed by atoms with Gasteiger partial charge in [-0.25, -0.2) is 0 Å². The molecule has 0 radical (unpaired) electrons. The lowest BCUT2D eigenvalue weighted by atomic mass is 9.97. The molecule has 0 saturated carbocycles. The number of nitrogens with two attached hydrogens (primary N) is 1. The van der Waals surface area contributed by atoms with Crippen molar-refractivity contribution in [3.8, 4) is 0 Å².